The van der Waals surface area contributed by atoms with Crippen LogP contribution in [-0.2, 0) is 5.41 Å². The fourth-order valence-electron chi connectivity index (χ4n) is 1.81. The van der Waals surface area contributed by atoms with Crippen LogP contribution in [0.1, 0.15) is 31.9 Å². The van der Waals surface area contributed by atoms with Gasteiger partial charge < -0.3 is 0 Å². The Morgan fingerprint density at radius 2 is 1.53 bits per heavy atom. The summed E-state index contributed by atoms with van der Waals surface area (Å²) >= 11 is 18.0. The van der Waals surface area contributed by atoms with Gasteiger partial charge in [-0.05, 0) is 23.5 Å². The van der Waals surface area contributed by atoms with E-state index in [2.05, 4.69) is 0 Å². The van der Waals surface area contributed by atoms with E-state index >= 15 is 0 Å². The zero-order valence-electron chi connectivity index (χ0n) is 9.90. The SMILES string of the molecule is Cc1c(Cl)c([N+](=O)[O-])c(Cl)c(Cl)c1C(C)(C)C. The Labute approximate surface area is 115 Å². The second-order valence-electron chi connectivity index (χ2n) is 4.80. The Morgan fingerprint density at radius 3 is 1.88 bits per heavy atom. The third kappa shape index (κ3) is 2.51. The molecule has 0 bridgehead atoms. The molecule has 0 saturated carbocycles. The topological polar surface area (TPSA) is 43.1 Å². The van der Waals surface area contributed by atoms with Crippen molar-refractivity contribution in [2.45, 2.75) is 33.1 Å². The number of nitrogens with zero attached hydrogens (tertiary/aromatic N) is 1. The average Bonchev–Trinajstić information content (AvgIpc) is 2.12. The first-order chi connectivity index (χ1) is 7.59. The van der Waals surface area contributed by atoms with Crippen molar-refractivity contribution in [3.63, 3.8) is 0 Å². The van der Waals surface area contributed by atoms with E-state index in [9.17, 15) is 10.1 Å². The summed E-state index contributed by atoms with van der Waals surface area (Å²) in [7, 11) is 0. The van der Waals surface area contributed by atoms with E-state index in [1.165, 1.54) is 0 Å². The Bertz CT molecular complexity index is 463. The van der Waals surface area contributed by atoms with Gasteiger partial charge >= 0.3 is 5.69 Å². The molecule has 0 amide bonds. The minimum absolute atomic E-state index is 0.0503. The highest BCUT2D eigenvalue weighted by Crippen LogP contribution is 2.46. The molecule has 6 heteroatoms. The van der Waals surface area contributed by atoms with Gasteiger partial charge in [-0.1, -0.05) is 55.6 Å². The van der Waals surface area contributed by atoms with Crippen molar-refractivity contribution in [2.24, 2.45) is 0 Å². The molecule has 1 aromatic carbocycles. The molecule has 0 fully saturated rings. The molecule has 3 nitrogen and oxygen atoms in total. The summed E-state index contributed by atoms with van der Waals surface area (Å²) in [6.45, 7) is 7.54. The molecule has 0 N–H and O–H groups in total. The standard InChI is InChI=1S/C11H12Cl3NO2/c1-5-6(11(2,3)4)8(13)9(14)10(7(5)12)15(16)17/h1-4H3. The lowest BCUT2D eigenvalue weighted by molar-refractivity contribution is -0.384. The van der Waals surface area contributed by atoms with E-state index in [4.69, 9.17) is 34.8 Å². The third-order valence-electron chi connectivity index (χ3n) is 2.46. The molecule has 0 saturated heterocycles. The maximum Gasteiger partial charge on any atom is 0.308 e. The summed E-state index contributed by atoms with van der Waals surface area (Å²) in [6, 6.07) is 0. The summed E-state index contributed by atoms with van der Waals surface area (Å²) in [5, 5.41) is 11.0. The maximum absolute atomic E-state index is 10.9. The highest BCUT2D eigenvalue weighted by Gasteiger charge is 2.31. The summed E-state index contributed by atoms with van der Waals surface area (Å²) in [4.78, 5) is 10.3. The largest absolute Gasteiger partial charge is 0.308 e. The number of nitro benzene ring substituents is 1. The molecular weight excluding hydrogens is 284 g/mol. The van der Waals surface area contributed by atoms with E-state index in [0.717, 1.165) is 5.56 Å². The van der Waals surface area contributed by atoms with Gasteiger partial charge in [0.05, 0.1) is 9.95 Å². The summed E-state index contributed by atoms with van der Waals surface area (Å²) in [5.74, 6) is 0. The maximum atomic E-state index is 10.9. The molecule has 94 valence electrons. The van der Waals surface area contributed by atoms with Crippen LogP contribution in [0.5, 0.6) is 0 Å². The zero-order chi connectivity index (χ0) is 13.5. The molecule has 0 aliphatic rings. The van der Waals surface area contributed by atoms with Gasteiger partial charge in [0.1, 0.15) is 10.0 Å². The summed E-state index contributed by atoms with van der Waals surface area (Å²) in [5.41, 5.74) is 0.715. The zero-order valence-corrected chi connectivity index (χ0v) is 12.2. The number of benzene rings is 1. The molecule has 0 heterocycles. The first kappa shape index (κ1) is 14.6. The van der Waals surface area contributed by atoms with Gasteiger partial charge in [-0.25, -0.2) is 0 Å². The van der Waals surface area contributed by atoms with Gasteiger partial charge in [0, 0.05) is 0 Å². The highest BCUT2D eigenvalue weighted by molar-refractivity contribution is 6.46. The van der Waals surface area contributed by atoms with Crippen LogP contribution < -0.4 is 0 Å². The van der Waals surface area contributed by atoms with Crippen LogP contribution in [-0.4, -0.2) is 4.92 Å². The Morgan fingerprint density at radius 1 is 1.06 bits per heavy atom. The minimum atomic E-state index is -0.615. The molecule has 0 aliphatic carbocycles. The second kappa shape index (κ2) is 4.63. The van der Waals surface area contributed by atoms with Crippen LogP contribution in [0.2, 0.25) is 15.1 Å². The van der Waals surface area contributed by atoms with Crippen molar-refractivity contribution in [1.29, 1.82) is 0 Å². The van der Waals surface area contributed by atoms with Crippen LogP contribution in [0, 0.1) is 17.0 Å². The number of rotatable bonds is 1. The fourth-order valence-corrected chi connectivity index (χ4v) is 2.89. The van der Waals surface area contributed by atoms with E-state index in [0.29, 0.717) is 5.56 Å². The first-order valence-electron chi connectivity index (χ1n) is 4.91. The average molecular weight is 297 g/mol. The predicted octanol–water partition coefficient (Wildman–Crippen LogP) is 5.16. The highest BCUT2D eigenvalue weighted by atomic mass is 35.5. The van der Waals surface area contributed by atoms with Gasteiger partial charge in [0.15, 0.2) is 0 Å². The molecule has 0 aliphatic heterocycles. The van der Waals surface area contributed by atoms with Crippen molar-refractivity contribution >= 4 is 40.5 Å². The quantitative estimate of drug-likeness (QED) is 0.408. The van der Waals surface area contributed by atoms with E-state index < -0.39 is 4.92 Å². The molecule has 0 radical (unpaired) electrons. The van der Waals surface area contributed by atoms with E-state index in [1.54, 1.807) is 6.92 Å². The van der Waals surface area contributed by atoms with Crippen LogP contribution in [0.25, 0.3) is 0 Å². The van der Waals surface area contributed by atoms with Crippen LogP contribution in [0.15, 0.2) is 0 Å². The Kier molecular flexibility index (Phi) is 3.97. The number of hydrogen-bond acceptors (Lipinski definition) is 2. The van der Waals surface area contributed by atoms with Gasteiger partial charge in [0.2, 0.25) is 0 Å². The molecular formula is C11H12Cl3NO2. The van der Waals surface area contributed by atoms with E-state index in [-0.39, 0.29) is 26.2 Å². The predicted molar refractivity (Wildman–Crippen MR) is 71.6 cm³/mol. The lowest BCUT2D eigenvalue weighted by Gasteiger charge is -2.24. The first-order valence-corrected chi connectivity index (χ1v) is 6.04. The minimum Gasteiger partial charge on any atom is -0.258 e. The van der Waals surface area contributed by atoms with Crippen molar-refractivity contribution < 1.29 is 4.92 Å². The van der Waals surface area contributed by atoms with Crippen LogP contribution in [0.3, 0.4) is 0 Å². The van der Waals surface area contributed by atoms with Crippen molar-refractivity contribution in [2.75, 3.05) is 0 Å². The van der Waals surface area contributed by atoms with Crippen LogP contribution in [0.4, 0.5) is 5.69 Å². The van der Waals surface area contributed by atoms with Gasteiger partial charge in [-0.3, -0.25) is 10.1 Å². The molecule has 1 rings (SSSR count). The number of nitro groups is 1. The van der Waals surface area contributed by atoms with Crippen molar-refractivity contribution in [1.82, 2.24) is 0 Å². The molecule has 0 unspecified atom stereocenters. The van der Waals surface area contributed by atoms with Gasteiger partial charge in [-0.15, -0.1) is 0 Å². The lowest BCUT2D eigenvalue weighted by atomic mass is 9.84. The van der Waals surface area contributed by atoms with E-state index in [1.807, 2.05) is 20.8 Å². The Hall–Kier alpha value is -0.510. The number of halogens is 3. The third-order valence-corrected chi connectivity index (χ3v) is 3.77. The second-order valence-corrected chi connectivity index (χ2v) is 5.93. The van der Waals surface area contributed by atoms with Gasteiger partial charge in [0.25, 0.3) is 0 Å². The smallest absolute Gasteiger partial charge is 0.258 e. The molecule has 17 heavy (non-hydrogen) atoms. The normalized spacial score (nSPS) is 11.7. The number of hydrogen-bond donors (Lipinski definition) is 0. The van der Waals surface area contributed by atoms with Crippen molar-refractivity contribution in [3.05, 3.63) is 36.3 Å². The van der Waals surface area contributed by atoms with Gasteiger partial charge in [-0.2, -0.15) is 0 Å². The van der Waals surface area contributed by atoms with Crippen LogP contribution >= 0.6 is 34.8 Å². The summed E-state index contributed by atoms with van der Waals surface area (Å²) in [6.07, 6.45) is 0. The molecule has 0 aromatic heterocycles. The van der Waals surface area contributed by atoms with Crippen molar-refractivity contribution in [3.8, 4) is 0 Å². The molecule has 0 atom stereocenters. The monoisotopic (exact) mass is 295 g/mol. The molecule has 1 aromatic rings. The Balaban J connectivity index is 3.77. The summed E-state index contributed by atoms with van der Waals surface area (Å²) < 4.78 is 0. The molecule has 0 spiro atoms. The fraction of sp³-hybridized carbons (Fsp3) is 0.455. The lowest BCUT2D eigenvalue weighted by Crippen LogP contribution is -2.15.